The molecular formula is C26H21ClN4O3. The maximum absolute atomic E-state index is 13.5. The summed E-state index contributed by atoms with van der Waals surface area (Å²) < 4.78 is 0. The Morgan fingerprint density at radius 2 is 1.68 bits per heavy atom. The smallest absolute Gasteiger partial charge is 0.234 e. The second-order valence-electron chi connectivity index (χ2n) is 9.10. The van der Waals surface area contributed by atoms with Gasteiger partial charge in [0.05, 0.1) is 35.3 Å². The van der Waals surface area contributed by atoms with Crippen LogP contribution in [0, 0.1) is 23.7 Å². The molecule has 1 N–H and O–H groups in total. The average molecular weight is 473 g/mol. The first-order chi connectivity index (χ1) is 16.5. The van der Waals surface area contributed by atoms with Crippen molar-refractivity contribution in [3.8, 4) is 0 Å². The number of aromatic nitrogens is 2. The van der Waals surface area contributed by atoms with Crippen LogP contribution >= 0.6 is 11.6 Å². The summed E-state index contributed by atoms with van der Waals surface area (Å²) in [5.74, 6) is -1.22. The molecule has 34 heavy (non-hydrogen) atoms. The second kappa shape index (κ2) is 8.02. The molecule has 2 aromatic carbocycles. The van der Waals surface area contributed by atoms with E-state index in [1.807, 2.05) is 0 Å². The summed E-state index contributed by atoms with van der Waals surface area (Å²) in [6.45, 7) is 0. The first-order valence-electron chi connectivity index (χ1n) is 11.3. The molecule has 1 saturated heterocycles. The Bertz CT molecular complexity index is 1340. The lowest BCUT2D eigenvalue weighted by atomic mass is 9.85. The van der Waals surface area contributed by atoms with Crippen molar-refractivity contribution in [1.82, 2.24) is 14.9 Å². The van der Waals surface area contributed by atoms with Crippen LogP contribution < -0.4 is 5.32 Å². The third kappa shape index (κ3) is 3.30. The van der Waals surface area contributed by atoms with Crippen molar-refractivity contribution < 1.29 is 14.4 Å². The minimum absolute atomic E-state index is 0.0934. The Morgan fingerprint density at radius 3 is 2.38 bits per heavy atom. The third-order valence-corrected chi connectivity index (χ3v) is 7.56. The normalized spacial score (nSPS) is 25.7. The number of nitrogens with one attached hydrogen (secondary N) is 1. The number of amides is 3. The van der Waals surface area contributed by atoms with Crippen LogP contribution in [0.25, 0.3) is 11.0 Å². The fourth-order valence-corrected chi connectivity index (χ4v) is 6.01. The first kappa shape index (κ1) is 21.0. The summed E-state index contributed by atoms with van der Waals surface area (Å²) in [5.41, 5.74) is 2.53. The zero-order valence-electron chi connectivity index (χ0n) is 18.1. The van der Waals surface area contributed by atoms with Gasteiger partial charge in [0.25, 0.3) is 0 Å². The molecule has 1 saturated carbocycles. The summed E-state index contributed by atoms with van der Waals surface area (Å²) >= 11 is 6.48. The zero-order valence-corrected chi connectivity index (χ0v) is 18.9. The first-order valence-corrected chi connectivity index (χ1v) is 11.7. The number of hydrogen-bond acceptors (Lipinski definition) is 5. The lowest BCUT2D eigenvalue weighted by Gasteiger charge is -2.28. The van der Waals surface area contributed by atoms with E-state index in [1.54, 1.807) is 54.9 Å². The molecule has 2 heterocycles. The van der Waals surface area contributed by atoms with Crippen molar-refractivity contribution in [1.29, 1.82) is 0 Å². The summed E-state index contributed by atoms with van der Waals surface area (Å²) in [5, 5.41) is 3.29. The number of halogens is 1. The standard InChI is InChI=1S/C26H21ClN4O3/c27-18-4-2-1-3-17(18)21(31-25(33)23-14-5-6-15(11-14)24(23)26(31)34)13-22(32)30-16-7-8-19-20(12-16)29-10-9-28-19/h1-10,12,14-15,21,23-24H,11,13H2,(H,30,32). The van der Waals surface area contributed by atoms with Gasteiger partial charge < -0.3 is 5.32 Å². The van der Waals surface area contributed by atoms with Crippen molar-refractivity contribution in [3.05, 3.63) is 77.6 Å². The fourth-order valence-electron chi connectivity index (χ4n) is 5.75. The van der Waals surface area contributed by atoms with Crippen molar-refractivity contribution in [3.63, 3.8) is 0 Å². The van der Waals surface area contributed by atoms with Crippen LogP contribution in [0.4, 0.5) is 5.69 Å². The molecule has 5 unspecified atom stereocenters. The number of imide groups is 1. The van der Waals surface area contributed by atoms with Gasteiger partial charge in [-0.2, -0.15) is 0 Å². The molecule has 1 aliphatic heterocycles. The highest BCUT2D eigenvalue weighted by atomic mass is 35.5. The van der Waals surface area contributed by atoms with Crippen LogP contribution in [-0.4, -0.2) is 32.6 Å². The van der Waals surface area contributed by atoms with E-state index >= 15 is 0 Å². The summed E-state index contributed by atoms with van der Waals surface area (Å²) in [6.07, 6.45) is 8.06. The molecule has 7 nitrogen and oxygen atoms in total. The number of benzene rings is 2. The molecule has 3 aliphatic rings. The molecule has 8 heteroatoms. The Morgan fingerprint density at radius 1 is 1.00 bits per heavy atom. The molecule has 2 bridgehead atoms. The predicted octanol–water partition coefficient (Wildman–Crippen LogP) is 4.16. The van der Waals surface area contributed by atoms with Crippen molar-refractivity contribution in [2.45, 2.75) is 18.9 Å². The van der Waals surface area contributed by atoms with Crippen LogP contribution in [0.5, 0.6) is 0 Å². The number of fused-ring (bicyclic) bond motifs is 6. The SMILES string of the molecule is O=C(CC(c1ccccc1Cl)N1C(=O)C2C3C=CC(C3)C2C1=O)Nc1ccc2nccnc2c1. The lowest BCUT2D eigenvalue weighted by Crippen LogP contribution is -2.38. The van der Waals surface area contributed by atoms with Gasteiger partial charge >= 0.3 is 0 Å². The number of nitrogens with zero attached hydrogens (tertiary/aromatic N) is 3. The molecule has 170 valence electrons. The van der Waals surface area contributed by atoms with Gasteiger partial charge in [0.2, 0.25) is 17.7 Å². The highest BCUT2D eigenvalue weighted by Crippen LogP contribution is 2.54. The number of carbonyl (C=O) groups excluding carboxylic acids is 3. The van der Waals surface area contributed by atoms with Crippen LogP contribution in [0.15, 0.2) is 67.0 Å². The minimum Gasteiger partial charge on any atom is -0.326 e. The maximum atomic E-state index is 13.5. The number of hydrogen-bond donors (Lipinski definition) is 1. The summed E-state index contributed by atoms with van der Waals surface area (Å²) in [7, 11) is 0. The Kier molecular flexibility index (Phi) is 4.95. The van der Waals surface area contributed by atoms with Gasteiger partial charge in [-0.3, -0.25) is 29.3 Å². The van der Waals surface area contributed by atoms with Crippen LogP contribution in [0.1, 0.15) is 24.4 Å². The Hall–Kier alpha value is -3.58. The van der Waals surface area contributed by atoms with Gasteiger partial charge in [-0.1, -0.05) is 42.0 Å². The largest absolute Gasteiger partial charge is 0.326 e. The van der Waals surface area contributed by atoms with E-state index in [1.165, 1.54) is 4.90 Å². The zero-order chi connectivity index (χ0) is 23.4. The van der Waals surface area contributed by atoms with Gasteiger partial charge in [-0.25, -0.2) is 0 Å². The molecule has 0 spiro atoms. The van der Waals surface area contributed by atoms with E-state index in [4.69, 9.17) is 11.6 Å². The van der Waals surface area contributed by atoms with Gasteiger partial charge in [-0.05, 0) is 48.1 Å². The Labute approximate surface area is 200 Å². The van der Waals surface area contributed by atoms with Gasteiger partial charge in [0.15, 0.2) is 0 Å². The van der Waals surface area contributed by atoms with E-state index < -0.39 is 6.04 Å². The van der Waals surface area contributed by atoms with Crippen LogP contribution in [0.3, 0.4) is 0 Å². The van der Waals surface area contributed by atoms with Crippen molar-refractivity contribution >= 4 is 46.0 Å². The van der Waals surface area contributed by atoms with Crippen LogP contribution in [-0.2, 0) is 14.4 Å². The molecule has 1 aromatic heterocycles. The van der Waals surface area contributed by atoms with E-state index in [2.05, 4.69) is 27.4 Å². The second-order valence-corrected chi connectivity index (χ2v) is 9.50. The fraction of sp³-hybridized carbons (Fsp3) is 0.269. The van der Waals surface area contributed by atoms with E-state index in [-0.39, 0.29) is 47.8 Å². The summed E-state index contributed by atoms with van der Waals surface area (Å²) in [4.78, 5) is 49.9. The molecular weight excluding hydrogens is 452 g/mol. The number of rotatable bonds is 5. The molecule has 6 rings (SSSR count). The topological polar surface area (TPSA) is 92.3 Å². The maximum Gasteiger partial charge on any atom is 0.234 e. The molecule has 3 aromatic rings. The monoisotopic (exact) mass is 472 g/mol. The predicted molar refractivity (Wildman–Crippen MR) is 127 cm³/mol. The van der Waals surface area contributed by atoms with Crippen LogP contribution in [0.2, 0.25) is 5.02 Å². The number of allylic oxidation sites excluding steroid dienone is 2. The van der Waals surface area contributed by atoms with Gasteiger partial charge in [0.1, 0.15) is 0 Å². The third-order valence-electron chi connectivity index (χ3n) is 7.21. The molecule has 2 aliphatic carbocycles. The van der Waals surface area contributed by atoms with Crippen molar-refractivity contribution in [2.75, 3.05) is 5.32 Å². The van der Waals surface area contributed by atoms with E-state index in [9.17, 15) is 14.4 Å². The van der Waals surface area contributed by atoms with Gasteiger partial charge in [0, 0.05) is 23.1 Å². The molecule has 3 amide bonds. The quantitative estimate of drug-likeness (QED) is 0.444. The Balaban J connectivity index is 1.30. The van der Waals surface area contributed by atoms with E-state index in [0.717, 1.165) is 11.9 Å². The highest BCUT2D eigenvalue weighted by Gasteiger charge is 2.60. The molecule has 2 fully saturated rings. The minimum atomic E-state index is -0.779. The number of carbonyl (C=O) groups is 3. The average Bonchev–Trinajstić information content (AvgIpc) is 3.52. The highest BCUT2D eigenvalue weighted by molar-refractivity contribution is 6.31. The molecule has 0 radical (unpaired) electrons. The summed E-state index contributed by atoms with van der Waals surface area (Å²) in [6, 6.07) is 11.6. The number of likely N-dealkylation sites (tertiary alicyclic amines) is 1. The number of anilines is 1. The lowest BCUT2D eigenvalue weighted by molar-refractivity contribution is -0.144. The van der Waals surface area contributed by atoms with E-state index in [0.29, 0.717) is 21.8 Å². The van der Waals surface area contributed by atoms with Crippen molar-refractivity contribution in [2.24, 2.45) is 23.7 Å². The van der Waals surface area contributed by atoms with Gasteiger partial charge in [-0.15, -0.1) is 0 Å². The molecule has 5 atom stereocenters.